The van der Waals surface area contributed by atoms with Crippen molar-refractivity contribution in [3.8, 4) is 5.75 Å². The number of hydrogen-bond donors (Lipinski definition) is 0. The van der Waals surface area contributed by atoms with Crippen LogP contribution >= 0.6 is 0 Å². The first-order chi connectivity index (χ1) is 8.79. The van der Waals surface area contributed by atoms with Crippen molar-refractivity contribution in [2.75, 3.05) is 0 Å². The molecule has 2 heteroatoms. The highest BCUT2D eigenvalue weighted by Gasteiger charge is 2.08. The summed E-state index contributed by atoms with van der Waals surface area (Å²) < 4.78 is 5.72. The lowest BCUT2D eigenvalue weighted by molar-refractivity contribution is 0.306. The number of nitrogens with zero attached hydrogens (tertiary/aromatic N) is 1. The Labute approximate surface area is 108 Å². The Balaban J connectivity index is 2.04. The van der Waals surface area contributed by atoms with Crippen LogP contribution in [0.1, 0.15) is 24.1 Å². The van der Waals surface area contributed by atoms with Crippen LogP contribution in [0.3, 0.4) is 0 Å². The van der Waals surface area contributed by atoms with Crippen molar-refractivity contribution >= 4 is 0 Å². The van der Waals surface area contributed by atoms with Crippen LogP contribution in [-0.2, 0) is 6.61 Å². The van der Waals surface area contributed by atoms with Crippen molar-refractivity contribution in [3.05, 3.63) is 77.1 Å². The van der Waals surface area contributed by atoms with Gasteiger partial charge in [-0.2, -0.15) is 0 Å². The zero-order valence-electron chi connectivity index (χ0n) is 10.3. The van der Waals surface area contributed by atoms with E-state index in [0.717, 1.165) is 16.9 Å². The van der Waals surface area contributed by atoms with Gasteiger partial charge in [0, 0.05) is 12.5 Å². The van der Waals surface area contributed by atoms with Crippen LogP contribution in [0.25, 0.3) is 4.85 Å². The van der Waals surface area contributed by atoms with Gasteiger partial charge in [-0.3, -0.25) is 0 Å². The second-order valence-corrected chi connectivity index (χ2v) is 4.15. The molecule has 90 valence electrons. The van der Waals surface area contributed by atoms with E-state index in [2.05, 4.69) is 4.85 Å². The smallest absolute Gasteiger partial charge is 0.246 e. The lowest BCUT2D eigenvalue weighted by Crippen LogP contribution is -1.96. The molecule has 0 aliphatic heterocycles. The summed E-state index contributed by atoms with van der Waals surface area (Å²) in [5.74, 6) is 0.812. The van der Waals surface area contributed by atoms with Gasteiger partial charge in [-0.05, 0) is 17.7 Å². The largest absolute Gasteiger partial charge is 0.489 e. The normalized spacial score (nSPS) is 11.6. The van der Waals surface area contributed by atoms with Gasteiger partial charge in [0.1, 0.15) is 12.4 Å². The molecule has 2 aromatic rings. The number of ether oxygens (including phenoxy) is 1. The molecular formula is C16H15NO. The Morgan fingerprint density at radius 3 is 2.61 bits per heavy atom. The van der Waals surface area contributed by atoms with Crippen LogP contribution in [0.5, 0.6) is 5.75 Å². The first-order valence-corrected chi connectivity index (χ1v) is 5.93. The molecule has 18 heavy (non-hydrogen) atoms. The van der Waals surface area contributed by atoms with Crippen molar-refractivity contribution in [1.82, 2.24) is 0 Å². The van der Waals surface area contributed by atoms with E-state index in [-0.39, 0.29) is 6.04 Å². The fraction of sp³-hybridized carbons (Fsp3) is 0.188. The molecule has 0 aliphatic rings. The van der Waals surface area contributed by atoms with Gasteiger partial charge >= 0.3 is 0 Å². The summed E-state index contributed by atoms with van der Waals surface area (Å²) in [6, 6.07) is 17.7. The Kier molecular flexibility index (Phi) is 3.98. The van der Waals surface area contributed by atoms with Crippen LogP contribution < -0.4 is 4.74 Å². The lowest BCUT2D eigenvalue weighted by atomic mass is 10.1. The number of benzene rings is 2. The molecule has 1 atom stereocenters. The van der Waals surface area contributed by atoms with Gasteiger partial charge in [-0.25, -0.2) is 6.57 Å². The highest BCUT2D eigenvalue weighted by Crippen LogP contribution is 2.22. The molecule has 0 spiro atoms. The summed E-state index contributed by atoms with van der Waals surface area (Å²) >= 11 is 0. The highest BCUT2D eigenvalue weighted by molar-refractivity contribution is 5.31. The molecule has 0 N–H and O–H groups in total. The quantitative estimate of drug-likeness (QED) is 0.725. The molecule has 2 aromatic carbocycles. The summed E-state index contributed by atoms with van der Waals surface area (Å²) in [5, 5.41) is 0. The van der Waals surface area contributed by atoms with Crippen molar-refractivity contribution in [3.63, 3.8) is 0 Å². The van der Waals surface area contributed by atoms with Gasteiger partial charge in [-0.1, -0.05) is 42.5 Å². The van der Waals surface area contributed by atoms with E-state index in [1.807, 2.05) is 61.5 Å². The molecule has 0 heterocycles. The first-order valence-electron chi connectivity index (χ1n) is 5.93. The molecule has 1 unspecified atom stereocenters. The predicted molar refractivity (Wildman–Crippen MR) is 72.2 cm³/mol. The molecule has 0 saturated carbocycles. The zero-order chi connectivity index (χ0) is 12.8. The average Bonchev–Trinajstić information content (AvgIpc) is 2.45. The Bertz CT molecular complexity index is 543. The Morgan fingerprint density at radius 2 is 1.89 bits per heavy atom. The molecule has 0 amide bonds. The van der Waals surface area contributed by atoms with E-state index in [9.17, 15) is 0 Å². The molecule has 2 rings (SSSR count). The highest BCUT2D eigenvalue weighted by atomic mass is 16.5. The van der Waals surface area contributed by atoms with Crippen LogP contribution in [0.15, 0.2) is 54.6 Å². The van der Waals surface area contributed by atoms with Crippen LogP contribution in [0.2, 0.25) is 0 Å². The molecule has 0 aliphatic carbocycles. The molecule has 0 fully saturated rings. The maximum Gasteiger partial charge on any atom is 0.246 e. The maximum atomic E-state index is 7.04. The summed E-state index contributed by atoms with van der Waals surface area (Å²) in [6.45, 7) is 9.48. The second-order valence-electron chi connectivity index (χ2n) is 4.15. The summed E-state index contributed by atoms with van der Waals surface area (Å²) in [5.41, 5.74) is 2.14. The summed E-state index contributed by atoms with van der Waals surface area (Å²) in [7, 11) is 0. The monoisotopic (exact) mass is 237 g/mol. The van der Waals surface area contributed by atoms with E-state index in [1.165, 1.54) is 0 Å². The third-order valence-electron chi connectivity index (χ3n) is 2.78. The molecule has 0 aromatic heterocycles. The first kappa shape index (κ1) is 12.2. The van der Waals surface area contributed by atoms with Gasteiger partial charge in [0.2, 0.25) is 6.04 Å². The lowest BCUT2D eigenvalue weighted by Gasteiger charge is -2.07. The summed E-state index contributed by atoms with van der Waals surface area (Å²) in [4.78, 5) is 3.51. The summed E-state index contributed by atoms with van der Waals surface area (Å²) in [6.07, 6.45) is 0. The third-order valence-corrected chi connectivity index (χ3v) is 2.78. The minimum atomic E-state index is -0.120. The maximum absolute atomic E-state index is 7.04. The van der Waals surface area contributed by atoms with Crippen LogP contribution in [-0.4, -0.2) is 0 Å². The molecule has 0 saturated heterocycles. The fourth-order valence-corrected chi connectivity index (χ4v) is 1.68. The van der Waals surface area contributed by atoms with E-state index >= 15 is 0 Å². The van der Waals surface area contributed by atoms with Gasteiger partial charge in [-0.15, -0.1) is 0 Å². The minimum Gasteiger partial charge on any atom is -0.489 e. The molecule has 0 radical (unpaired) electrons. The Hall–Kier alpha value is -2.27. The zero-order valence-corrected chi connectivity index (χ0v) is 10.3. The SMILES string of the molecule is [C-]#[N+]C(C)c1cccc(OCc2ccccc2)c1. The van der Waals surface area contributed by atoms with Crippen molar-refractivity contribution in [2.45, 2.75) is 19.6 Å². The van der Waals surface area contributed by atoms with Gasteiger partial charge in [0.05, 0.1) is 0 Å². The Morgan fingerprint density at radius 1 is 1.11 bits per heavy atom. The minimum absolute atomic E-state index is 0.120. The van der Waals surface area contributed by atoms with Crippen LogP contribution in [0.4, 0.5) is 0 Å². The molecular weight excluding hydrogens is 222 g/mol. The van der Waals surface area contributed by atoms with E-state index < -0.39 is 0 Å². The molecule has 2 nitrogen and oxygen atoms in total. The van der Waals surface area contributed by atoms with Crippen molar-refractivity contribution < 1.29 is 4.74 Å². The second kappa shape index (κ2) is 5.88. The number of hydrogen-bond acceptors (Lipinski definition) is 1. The van der Waals surface area contributed by atoms with Gasteiger partial charge in [0.15, 0.2) is 0 Å². The van der Waals surface area contributed by atoms with Crippen molar-refractivity contribution in [1.29, 1.82) is 0 Å². The van der Waals surface area contributed by atoms with E-state index in [1.54, 1.807) is 0 Å². The predicted octanol–water partition coefficient (Wildman–Crippen LogP) is 4.25. The van der Waals surface area contributed by atoms with E-state index in [0.29, 0.717) is 6.61 Å². The standard InChI is InChI=1S/C16H15NO/c1-13(17-2)15-9-6-10-16(11-15)18-12-14-7-4-3-5-8-14/h3-11,13H,12H2,1H3. The third kappa shape index (κ3) is 3.11. The topological polar surface area (TPSA) is 13.6 Å². The van der Waals surface area contributed by atoms with Crippen LogP contribution in [0, 0.1) is 6.57 Å². The van der Waals surface area contributed by atoms with E-state index in [4.69, 9.17) is 11.3 Å². The van der Waals surface area contributed by atoms with Gasteiger partial charge < -0.3 is 9.58 Å². The molecule has 0 bridgehead atoms. The van der Waals surface area contributed by atoms with Crippen molar-refractivity contribution in [2.24, 2.45) is 0 Å². The average molecular weight is 237 g/mol. The van der Waals surface area contributed by atoms with Gasteiger partial charge in [0.25, 0.3) is 0 Å². The number of rotatable bonds is 4. The fourth-order valence-electron chi connectivity index (χ4n) is 1.68.